The third-order valence-corrected chi connectivity index (χ3v) is 3.83. The fraction of sp³-hybridized carbons (Fsp3) is 0.357. The van der Waals surface area contributed by atoms with Crippen LogP contribution in [0.1, 0.15) is 28.8 Å². The molecule has 1 aliphatic carbocycles. The number of halogens is 1. The van der Waals surface area contributed by atoms with Crippen LogP contribution >= 0.6 is 11.6 Å². The lowest BCUT2D eigenvalue weighted by Gasteiger charge is -2.09. The van der Waals surface area contributed by atoms with Gasteiger partial charge < -0.3 is 0 Å². The summed E-state index contributed by atoms with van der Waals surface area (Å²) in [6.45, 7) is 4.19. The van der Waals surface area contributed by atoms with E-state index in [-0.39, 0.29) is 0 Å². The molecular weight excluding hydrogens is 232 g/mol. The number of aromatic nitrogens is 2. The highest BCUT2D eigenvalue weighted by Gasteiger charge is 2.22. The molecule has 1 aromatic heterocycles. The van der Waals surface area contributed by atoms with Gasteiger partial charge in [-0.2, -0.15) is 5.10 Å². The van der Waals surface area contributed by atoms with Gasteiger partial charge in [0.05, 0.1) is 11.4 Å². The van der Waals surface area contributed by atoms with Crippen molar-refractivity contribution in [1.82, 2.24) is 9.78 Å². The first-order valence-corrected chi connectivity index (χ1v) is 6.38. The highest BCUT2D eigenvalue weighted by atomic mass is 35.5. The minimum atomic E-state index is 0.797. The van der Waals surface area contributed by atoms with E-state index in [1.165, 1.54) is 28.8 Å². The Labute approximate surface area is 106 Å². The van der Waals surface area contributed by atoms with Gasteiger partial charge in [-0.15, -0.1) is 0 Å². The van der Waals surface area contributed by atoms with Gasteiger partial charge >= 0.3 is 0 Å². The summed E-state index contributed by atoms with van der Waals surface area (Å²) >= 11 is 6.43. The average Bonchev–Trinajstić information content (AvgIpc) is 2.86. The number of hydrogen-bond acceptors (Lipinski definition) is 1. The lowest BCUT2D eigenvalue weighted by atomic mass is 10.1. The number of aryl methyl sites for hydroxylation is 3. The molecule has 2 nitrogen and oxygen atoms in total. The Morgan fingerprint density at radius 3 is 2.82 bits per heavy atom. The second-order valence-electron chi connectivity index (χ2n) is 4.77. The zero-order chi connectivity index (χ0) is 12.0. The summed E-state index contributed by atoms with van der Waals surface area (Å²) in [5, 5.41) is 5.44. The molecule has 3 heteroatoms. The maximum Gasteiger partial charge on any atom is 0.136 e. The standard InChI is InChI=1S/C14H15ClN2/c1-9-6-7-10(2)13(8-9)17-14(15)11-4-3-5-12(11)16-17/h6-8H,3-5H2,1-2H3. The van der Waals surface area contributed by atoms with E-state index in [4.69, 9.17) is 11.6 Å². The van der Waals surface area contributed by atoms with Crippen molar-refractivity contribution in [2.24, 2.45) is 0 Å². The highest BCUT2D eigenvalue weighted by Crippen LogP contribution is 2.31. The lowest BCUT2D eigenvalue weighted by molar-refractivity contribution is 0.797. The molecule has 17 heavy (non-hydrogen) atoms. The van der Waals surface area contributed by atoms with Gasteiger partial charge in [0.1, 0.15) is 5.15 Å². The molecule has 1 heterocycles. The second-order valence-corrected chi connectivity index (χ2v) is 5.13. The smallest absolute Gasteiger partial charge is 0.136 e. The van der Waals surface area contributed by atoms with Gasteiger partial charge in [-0.05, 0) is 50.3 Å². The van der Waals surface area contributed by atoms with Crippen LogP contribution in [0.4, 0.5) is 0 Å². The molecule has 2 aromatic rings. The van der Waals surface area contributed by atoms with Crippen LogP contribution in [0.15, 0.2) is 18.2 Å². The third kappa shape index (κ3) is 1.67. The van der Waals surface area contributed by atoms with E-state index >= 15 is 0 Å². The summed E-state index contributed by atoms with van der Waals surface area (Å²) in [7, 11) is 0. The topological polar surface area (TPSA) is 17.8 Å². The number of fused-ring (bicyclic) bond motifs is 1. The van der Waals surface area contributed by atoms with E-state index in [1.54, 1.807) is 0 Å². The van der Waals surface area contributed by atoms with Crippen LogP contribution in [-0.2, 0) is 12.8 Å². The largest absolute Gasteiger partial charge is 0.221 e. The summed E-state index contributed by atoms with van der Waals surface area (Å²) < 4.78 is 1.90. The molecule has 1 aliphatic rings. The Bertz CT molecular complexity index is 584. The molecule has 3 rings (SSSR count). The average molecular weight is 247 g/mol. The number of benzene rings is 1. The predicted octanol–water partition coefficient (Wildman–Crippen LogP) is 3.63. The zero-order valence-electron chi connectivity index (χ0n) is 10.1. The van der Waals surface area contributed by atoms with E-state index in [1.807, 2.05) is 4.68 Å². The molecule has 0 bridgehead atoms. The van der Waals surface area contributed by atoms with Crippen molar-refractivity contribution in [3.05, 3.63) is 45.7 Å². The van der Waals surface area contributed by atoms with E-state index in [0.717, 1.165) is 23.7 Å². The van der Waals surface area contributed by atoms with Crippen molar-refractivity contribution in [3.63, 3.8) is 0 Å². The Kier molecular flexibility index (Phi) is 2.48. The molecule has 0 atom stereocenters. The van der Waals surface area contributed by atoms with Gasteiger partial charge in [0.2, 0.25) is 0 Å². The summed E-state index contributed by atoms with van der Waals surface area (Å²) in [6.07, 6.45) is 3.32. The Morgan fingerprint density at radius 1 is 1.24 bits per heavy atom. The van der Waals surface area contributed by atoms with Crippen molar-refractivity contribution in [3.8, 4) is 5.69 Å². The Balaban J connectivity index is 2.19. The molecule has 0 unspecified atom stereocenters. The SMILES string of the molecule is Cc1ccc(C)c(-n2nc3c(c2Cl)CCC3)c1. The van der Waals surface area contributed by atoms with Gasteiger partial charge in [0.15, 0.2) is 0 Å². The van der Waals surface area contributed by atoms with Gasteiger partial charge in [-0.1, -0.05) is 23.7 Å². The normalized spacial score (nSPS) is 14.1. The maximum atomic E-state index is 6.43. The van der Waals surface area contributed by atoms with Crippen LogP contribution in [0.3, 0.4) is 0 Å². The van der Waals surface area contributed by atoms with Gasteiger partial charge in [0, 0.05) is 5.56 Å². The minimum absolute atomic E-state index is 0.797. The van der Waals surface area contributed by atoms with Crippen molar-refractivity contribution >= 4 is 11.6 Å². The van der Waals surface area contributed by atoms with Crippen molar-refractivity contribution in [1.29, 1.82) is 0 Å². The molecule has 0 fully saturated rings. The molecule has 0 spiro atoms. The van der Waals surface area contributed by atoms with Gasteiger partial charge in [-0.25, -0.2) is 4.68 Å². The first-order chi connectivity index (χ1) is 8.16. The number of nitrogens with zero attached hydrogens (tertiary/aromatic N) is 2. The monoisotopic (exact) mass is 246 g/mol. The molecule has 0 amide bonds. The van der Waals surface area contributed by atoms with Gasteiger partial charge in [-0.3, -0.25) is 0 Å². The van der Waals surface area contributed by atoms with Gasteiger partial charge in [0.25, 0.3) is 0 Å². The molecular formula is C14H15ClN2. The second kappa shape index (κ2) is 3.88. The summed E-state index contributed by atoms with van der Waals surface area (Å²) in [5.74, 6) is 0. The lowest BCUT2D eigenvalue weighted by Crippen LogP contribution is -2.01. The van der Waals surface area contributed by atoms with E-state index in [9.17, 15) is 0 Å². The fourth-order valence-electron chi connectivity index (χ4n) is 2.46. The third-order valence-electron chi connectivity index (χ3n) is 3.44. The number of rotatable bonds is 1. The van der Waals surface area contributed by atoms with Crippen LogP contribution in [0, 0.1) is 13.8 Å². The van der Waals surface area contributed by atoms with Crippen LogP contribution in [0.5, 0.6) is 0 Å². The van der Waals surface area contributed by atoms with Crippen LogP contribution in [0.25, 0.3) is 5.69 Å². The van der Waals surface area contributed by atoms with Crippen molar-refractivity contribution in [2.45, 2.75) is 33.1 Å². The molecule has 0 saturated heterocycles. The first-order valence-electron chi connectivity index (χ1n) is 6.00. The van der Waals surface area contributed by atoms with E-state index in [2.05, 4.69) is 37.1 Å². The molecule has 0 N–H and O–H groups in total. The quantitative estimate of drug-likeness (QED) is 0.751. The fourth-order valence-corrected chi connectivity index (χ4v) is 2.79. The van der Waals surface area contributed by atoms with Crippen LogP contribution < -0.4 is 0 Å². The molecule has 1 aromatic carbocycles. The first kappa shape index (κ1) is 10.8. The zero-order valence-corrected chi connectivity index (χ0v) is 10.9. The highest BCUT2D eigenvalue weighted by molar-refractivity contribution is 6.30. The molecule has 88 valence electrons. The predicted molar refractivity (Wildman–Crippen MR) is 70.1 cm³/mol. The van der Waals surface area contributed by atoms with E-state index < -0.39 is 0 Å². The van der Waals surface area contributed by atoms with E-state index in [0.29, 0.717) is 0 Å². The summed E-state index contributed by atoms with van der Waals surface area (Å²) in [4.78, 5) is 0. The Hall–Kier alpha value is -1.28. The number of hydrogen-bond donors (Lipinski definition) is 0. The summed E-state index contributed by atoms with van der Waals surface area (Å²) in [6, 6.07) is 6.38. The molecule has 0 saturated carbocycles. The maximum absolute atomic E-state index is 6.43. The Morgan fingerprint density at radius 2 is 2.06 bits per heavy atom. The molecule has 0 radical (unpaired) electrons. The van der Waals surface area contributed by atoms with Crippen LogP contribution in [0.2, 0.25) is 5.15 Å². The van der Waals surface area contributed by atoms with Crippen molar-refractivity contribution < 1.29 is 0 Å². The molecule has 0 aliphatic heterocycles. The minimum Gasteiger partial charge on any atom is -0.221 e. The van der Waals surface area contributed by atoms with Crippen molar-refractivity contribution in [2.75, 3.05) is 0 Å². The van der Waals surface area contributed by atoms with Crippen LogP contribution in [-0.4, -0.2) is 9.78 Å². The summed E-state index contributed by atoms with van der Waals surface area (Å²) in [5.41, 5.74) is 5.96.